The van der Waals surface area contributed by atoms with Crippen molar-refractivity contribution in [3.05, 3.63) is 34.6 Å². The van der Waals surface area contributed by atoms with Gasteiger partial charge in [-0.25, -0.2) is 4.39 Å². The highest BCUT2D eigenvalue weighted by Crippen LogP contribution is 2.14. The molecule has 98 valence electrons. The van der Waals surface area contributed by atoms with Crippen LogP contribution < -0.4 is 5.32 Å². The summed E-state index contributed by atoms with van der Waals surface area (Å²) < 4.78 is 13.4. The second kappa shape index (κ2) is 6.16. The molecule has 0 aromatic heterocycles. The normalized spacial score (nSPS) is 15.1. The van der Waals surface area contributed by atoms with Gasteiger partial charge in [-0.1, -0.05) is 11.6 Å². The molecule has 0 bridgehead atoms. The first-order chi connectivity index (χ1) is 8.66. The summed E-state index contributed by atoms with van der Waals surface area (Å²) in [5, 5.41) is 3.46. The van der Waals surface area contributed by atoms with E-state index in [0.29, 0.717) is 17.1 Å². The van der Waals surface area contributed by atoms with Gasteiger partial charge < -0.3 is 10.2 Å². The van der Waals surface area contributed by atoms with E-state index in [2.05, 4.69) is 5.32 Å². The molecule has 1 heterocycles. The van der Waals surface area contributed by atoms with Crippen molar-refractivity contribution in [1.82, 2.24) is 10.2 Å². The first-order valence-electron chi connectivity index (χ1n) is 6.09. The Kier molecular flexibility index (Phi) is 4.55. The molecule has 1 aromatic rings. The maximum Gasteiger partial charge on any atom is 0.236 e. The lowest BCUT2D eigenvalue weighted by Gasteiger charge is -2.15. The summed E-state index contributed by atoms with van der Waals surface area (Å²) >= 11 is 5.79. The fraction of sp³-hybridized carbons (Fsp3) is 0.462. The first-order valence-corrected chi connectivity index (χ1v) is 6.47. The van der Waals surface area contributed by atoms with Crippen LogP contribution in [0.2, 0.25) is 5.02 Å². The quantitative estimate of drug-likeness (QED) is 0.910. The van der Waals surface area contributed by atoms with E-state index in [-0.39, 0.29) is 18.3 Å². The summed E-state index contributed by atoms with van der Waals surface area (Å²) in [6, 6.07) is 4.42. The van der Waals surface area contributed by atoms with Crippen LogP contribution in [0.4, 0.5) is 4.39 Å². The highest BCUT2D eigenvalue weighted by Gasteiger charge is 2.17. The van der Waals surface area contributed by atoms with Crippen LogP contribution in [0.15, 0.2) is 18.2 Å². The second-order valence-corrected chi connectivity index (χ2v) is 4.86. The van der Waals surface area contributed by atoms with E-state index in [1.807, 2.05) is 4.90 Å². The molecule has 1 fully saturated rings. The fourth-order valence-electron chi connectivity index (χ4n) is 2.06. The minimum atomic E-state index is -0.305. The standard InChI is InChI=1S/C13H16ClFN2O/c14-11-3-4-12(15)10(7-11)8-16-9-13(18)17-5-1-2-6-17/h3-4,7,16H,1-2,5-6,8-9H2. The number of hydrogen-bond donors (Lipinski definition) is 1. The Balaban J connectivity index is 1.81. The second-order valence-electron chi connectivity index (χ2n) is 4.43. The largest absolute Gasteiger partial charge is 0.342 e. The van der Waals surface area contributed by atoms with Crippen LogP contribution in [0.25, 0.3) is 0 Å². The number of benzene rings is 1. The van der Waals surface area contributed by atoms with Gasteiger partial charge in [0.05, 0.1) is 6.54 Å². The molecule has 1 aromatic carbocycles. The van der Waals surface area contributed by atoms with Crippen LogP contribution in [-0.4, -0.2) is 30.4 Å². The van der Waals surface area contributed by atoms with Crippen molar-refractivity contribution in [2.24, 2.45) is 0 Å². The van der Waals surface area contributed by atoms with Crippen LogP contribution in [0.1, 0.15) is 18.4 Å². The summed E-state index contributed by atoms with van der Waals surface area (Å²) in [5.41, 5.74) is 0.483. The molecule has 0 radical (unpaired) electrons. The summed E-state index contributed by atoms with van der Waals surface area (Å²) in [7, 11) is 0. The lowest BCUT2D eigenvalue weighted by atomic mass is 10.2. The van der Waals surface area contributed by atoms with E-state index >= 15 is 0 Å². The monoisotopic (exact) mass is 270 g/mol. The Morgan fingerprint density at radius 1 is 1.39 bits per heavy atom. The molecule has 0 atom stereocenters. The number of rotatable bonds is 4. The molecule has 5 heteroatoms. The maximum absolute atomic E-state index is 13.4. The van der Waals surface area contributed by atoms with E-state index in [1.165, 1.54) is 12.1 Å². The molecule has 0 saturated carbocycles. The smallest absolute Gasteiger partial charge is 0.236 e. The zero-order chi connectivity index (χ0) is 13.0. The van der Waals surface area contributed by atoms with Crippen LogP contribution in [-0.2, 0) is 11.3 Å². The van der Waals surface area contributed by atoms with Gasteiger partial charge in [0.2, 0.25) is 5.91 Å². The maximum atomic E-state index is 13.4. The Hall–Kier alpha value is -1.13. The van der Waals surface area contributed by atoms with Crippen molar-refractivity contribution in [2.45, 2.75) is 19.4 Å². The number of likely N-dealkylation sites (tertiary alicyclic amines) is 1. The van der Waals surface area contributed by atoms with Crippen LogP contribution in [0.5, 0.6) is 0 Å². The van der Waals surface area contributed by atoms with E-state index in [1.54, 1.807) is 6.07 Å². The summed E-state index contributed by atoms with van der Waals surface area (Å²) in [5.74, 6) is -0.226. The summed E-state index contributed by atoms with van der Waals surface area (Å²) in [4.78, 5) is 13.6. The zero-order valence-corrected chi connectivity index (χ0v) is 10.8. The Morgan fingerprint density at radius 2 is 2.11 bits per heavy atom. The molecule has 1 N–H and O–H groups in total. The lowest BCUT2D eigenvalue weighted by molar-refractivity contribution is -0.129. The number of nitrogens with one attached hydrogen (secondary N) is 1. The van der Waals surface area contributed by atoms with E-state index in [9.17, 15) is 9.18 Å². The third-order valence-corrected chi connectivity index (χ3v) is 3.29. The van der Waals surface area contributed by atoms with E-state index in [4.69, 9.17) is 11.6 Å². The van der Waals surface area contributed by atoms with Gasteiger partial charge in [-0.2, -0.15) is 0 Å². The average molecular weight is 271 g/mol. The van der Waals surface area contributed by atoms with E-state index < -0.39 is 0 Å². The van der Waals surface area contributed by atoms with Crippen LogP contribution >= 0.6 is 11.6 Å². The summed E-state index contributed by atoms with van der Waals surface area (Å²) in [6.07, 6.45) is 2.16. The van der Waals surface area contributed by atoms with Crippen molar-refractivity contribution in [1.29, 1.82) is 0 Å². The van der Waals surface area contributed by atoms with Crippen molar-refractivity contribution >= 4 is 17.5 Å². The number of carbonyl (C=O) groups is 1. The number of amides is 1. The van der Waals surface area contributed by atoms with Gasteiger partial charge in [0.15, 0.2) is 0 Å². The Labute approximate surface area is 111 Å². The first kappa shape index (κ1) is 13.3. The minimum Gasteiger partial charge on any atom is -0.342 e. The Morgan fingerprint density at radius 3 is 2.83 bits per heavy atom. The van der Waals surface area contributed by atoms with Crippen molar-refractivity contribution in [3.8, 4) is 0 Å². The number of nitrogens with zero attached hydrogens (tertiary/aromatic N) is 1. The number of hydrogen-bond acceptors (Lipinski definition) is 2. The zero-order valence-electron chi connectivity index (χ0n) is 10.1. The third kappa shape index (κ3) is 3.43. The molecule has 1 saturated heterocycles. The molecule has 1 aliphatic heterocycles. The highest BCUT2D eigenvalue weighted by molar-refractivity contribution is 6.30. The van der Waals surface area contributed by atoms with Crippen molar-refractivity contribution in [3.63, 3.8) is 0 Å². The van der Waals surface area contributed by atoms with Gasteiger partial charge in [0.1, 0.15) is 5.82 Å². The molecular weight excluding hydrogens is 255 g/mol. The molecule has 18 heavy (non-hydrogen) atoms. The van der Waals surface area contributed by atoms with E-state index in [0.717, 1.165) is 25.9 Å². The molecule has 1 amide bonds. The molecule has 0 unspecified atom stereocenters. The van der Waals surface area contributed by atoms with Crippen LogP contribution in [0.3, 0.4) is 0 Å². The molecule has 3 nitrogen and oxygen atoms in total. The van der Waals surface area contributed by atoms with Gasteiger partial charge in [-0.15, -0.1) is 0 Å². The average Bonchev–Trinajstić information content (AvgIpc) is 2.87. The van der Waals surface area contributed by atoms with Gasteiger partial charge in [-0.3, -0.25) is 4.79 Å². The van der Waals surface area contributed by atoms with Gasteiger partial charge in [0.25, 0.3) is 0 Å². The molecule has 0 aliphatic carbocycles. The SMILES string of the molecule is O=C(CNCc1cc(Cl)ccc1F)N1CCCC1. The third-order valence-electron chi connectivity index (χ3n) is 3.06. The number of halogens is 2. The predicted octanol–water partition coefficient (Wildman–Crippen LogP) is 2.19. The fourth-order valence-corrected chi connectivity index (χ4v) is 2.26. The van der Waals surface area contributed by atoms with Gasteiger partial charge >= 0.3 is 0 Å². The van der Waals surface area contributed by atoms with Gasteiger partial charge in [0, 0.05) is 30.2 Å². The minimum absolute atomic E-state index is 0.0786. The molecule has 2 rings (SSSR count). The Bertz CT molecular complexity index is 433. The summed E-state index contributed by atoms with van der Waals surface area (Å²) in [6.45, 7) is 2.23. The molecule has 0 spiro atoms. The van der Waals surface area contributed by atoms with Crippen molar-refractivity contribution in [2.75, 3.05) is 19.6 Å². The topological polar surface area (TPSA) is 32.3 Å². The highest BCUT2D eigenvalue weighted by atomic mass is 35.5. The predicted molar refractivity (Wildman–Crippen MR) is 68.9 cm³/mol. The van der Waals surface area contributed by atoms with Gasteiger partial charge in [-0.05, 0) is 31.0 Å². The van der Waals surface area contributed by atoms with Crippen LogP contribution in [0, 0.1) is 5.82 Å². The number of carbonyl (C=O) groups excluding carboxylic acids is 1. The molecular formula is C13H16ClFN2O. The van der Waals surface area contributed by atoms with Crippen molar-refractivity contribution < 1.29 is 9.18 Å². The lowest BCUT2D eigenvalue weighted by Crippen LogP contribution is -2.36. The molecule has 1 aliphatic rings.